The number of nitrogen functional groups attached to an aromatic ring is 1. The largest absolute Gasteiger partial charge is 1.00 e. The highest BCUT2D eigenvalue weighted by Crippen LogP contribution is 2.35. The number of carboxylic acid groups (broad SMARTS) is 1. The number of thioether (sulfide) groups is 1. The molecule has 2 aromatic heterocycles. The number of carbonyl (C=O) groups is 4. The molecule has 38 heavy (non-hydrogen) atoms. The van der Waals surface area contributed by atoms with E-state index in [9.17, 15) is 24.3 Å². The molecule has 0 saturated carbocycles. The number of aromatic nitrogens is 2. The summed E-state index contributed by atoms with van der Waals surface area (Å²) in [4.78, 5) is 59.8. The topological polar surface area (TPSA) is 177 Å². The van der Waals surface area contributed by atoms with Crippen molar-refractivity contribution in [3.8, 4) is 0 Å². The third kappa shape index (κ3) is 6.14. The van der Waals surface area contributed by atoms with Crippen LogP contribution in [0, 0.1) is 0 Å². The molecule has 16 heteroatoms. The van der Waals surface area contributed by atoms with Gasteiger partial charge in [-0.25, -0.2) is 9.78 Å². The monoisotopic (exact) mass is 626 g/mol. The second kappa shape index (κ2) is 12.4. The van der Waals surface area contributed by atoms with Crippen molar-refractivity contribution in [3.05, 3.63) is 47.1 Å². The molecule has 4 N–H and O–H groups in total. The molecule has 2 atom stereocenters. The van der Waals surface area contributed by atoms with E-state index in [0.717, 1.165) is 21.1 Å². The second-order valence-corrected chi connectivity index (χ2v) is 9.94. The van der Waals surface area contributed by atoms with E-state index in [4.69, 9.17) is 15.3 Å². The number of nitrogens with zero attached hydrogens (tertiary/aromatic N) is 4. The number of aliphatic carboxylic acids is 1. The highest BCUT2D eigenvalue weighted by Gasteiger charge is 2.55. The Morgan fingerprint density at radius 1 is 1.39 bits per heavy atom. The molecular formula is C22H23BrN6O7S2. The average molecular weight is 627 g/mol. The number of ketones is 1. The highest BCUT2D eigenvalue weighted by atomic mass is 79.9. The Kier molecular flexibility index (Phi) is 9.45. The minimum absolute atomic E-state index is 0. The minimum Gasteiger partial charge on any atom is -1.00 e. The lowest BCUT2D eigenvalue weighted by Gasteiger charge is -2.49. The van der Waals surface area contributed by atoms with Gasteiger partial charge in [0.2, 0.25) is 6.54 Å². The summed E-state index contributed by atoms with van der Waals surface area (Å²) in [6.45, 7) is 1.76. The number of nitrogens with two attached hydrogens (primary N) is 1. The summed E-state index contributed by atoms with van der Waals surface area (Å²) in [5.74, 6) is -2.28. The van der Waals surface area contributed by atoms with Gasteiger partial charge in [0.15, 0.2) is 34.7 Å². The molecule has 1 saturated heterocycles. The first-order valence-electron chi connectivity index (χ1n) is 10.9. The molecule has 202 valence electrons. The number of nitrogens with one attached hydrogen (secondary N) is 1. The van der Waals surface area contributed by atoms with Crippen LogP contribution in [-0.2, 0) is 35.3 Å². The number of rotatable bonds is 10. The van der Waals surface area contributed by atoms with E-state index in [-0.39, 0.29) is 69.7 Å². The third-order valence-electron chi connectivity index (χ3n) is 5.44. The normalized spacial score (nSPS) is 18.5. The molecule has 0 aromatic carbocycles. The van der Waals surface area contributed by atoms with Crippen LogP contribution in [0.2, 0.25) is 0 Å². The summed E-state index contributed by atoms with van der Waals surface area (Å²) in [6, 6.07) is 1.88. The van der Waals surface area contributed by atoms with Crippen LogP contribution in [0.25, 0.3) is 0 Å². The summed E-state index contributed by atoms with van der Waals surface area (Å²) in [7, 11) is 1.26. The van der Waals surface area contributed by atoms with Gasteiger partial charge in [-0.3, -0.25) is 19.3 Å². The number of carboxylic acids is 1. The molecule has 1 fully saturated rings. The predicted octanol–water partition coefficient (Wildman–Crippen LogP) is -3.23. The van der Waals surface area contributed by atoms with Crippen LogP contribution >= 0.6 is 23.1 Å². The maximum atomic E-state index is 12.9. The van der Waals surface area contributed by atoms with Gasteiger partial charge in [0.25, 0.3) is 11.8 Å². The predicted molar refractivity (Wildman–Crippen MR) is 131 cm³/mol. The van der Waals surface area contributed by atoms with Crippen molar-refractivity contribution >= 4 is 57.5 Å². The molecule has 0 spiro atoms. The molecule has 2 amide bonds. The molecule has 13 nitrogen and oxygen atoms in total. The van der Waals surface area contributed by atoms with Gasteiger partial charge in [0, 0.05) is 29.3 Å². The summed E-state index contributed by atoms with van der Waals surface area (Å²) >= 11 is 2.44. The quantitative estimate of drug-likeness (QED) is 0.0798. The Hall–Kier alpha value is -3.50. The van der Waals surface area contributed by atoms with E-state index >= 15 is 0 Å². The number of amides is 2. The summed E-state index contributed by atoms with van der Waals surface area (Å²) in [5.41, 5.74) is 5.38. The number of carbonyl (C=O) groups excluding carboxylic acids is 3. The van der Waals surface area contributed by atoms with Gasteiger partial charge in [0.1, 0.15) is 37.3 Å². The fraction of sp³-hybridized carbons (Fsp3) is 0.318. The van der Waals surface area contributed by atoms with Crippen LogP contribution in [-0.4, -0.2) is 75.8 Å². The molecule has 4 rings (SSSR count). The Bertz CT molecular complexity index is 1310. The van der Waals surface area contributed by atoms with Crippen LogP contribution in [0.4, 0.5) is 5.13 Å². The van der Waals surface area contributed by atoms with E-state index < -0.39 is 29.9 Å². The van der Waals surface area contributed by atoms with Crippen molar-refractivity contribution < 1.29 is 55.4 Å². The second-order valence-electron chi connectivity index (χ2n) is 8.00. The van der Waals surface area contributed by atoms with Gasteiger partial charge in [-0.2, -0.15) is 4.57 Å². The van der Waals surface area contributed by atoms with E-state index in [1.165, 1.54) is 31.2 Å². The number of hydrogen-bond acceptors (Lipinski definition) is 11. The van der Waals surface area contributed by atoms with Crippen LogP contribution < -0.4 is 32.6 Å². The van der Waals surface area contributed by atoms with Crippen molar-refractivity contribution in [1.29, 1.82) is 0 Å². The first-order valence-corrected chi connectivity index (χ1v) is 12.7. The fourth-order valence-electron chi connectivity index (χ4n) is 3.82. The first-order chi connectivity index (χ1) is 17.7. The number of oxime groups is 1. The zero-order chi connectivity index (χ0) is 26.7. The maximum Gasteiger partial charge on any atom is 0.356 e. The molecule has 2 aliphatic rings. The van der Waals surface area contributed by atoms with Crippen molar-refractivity contribution in [3.63, 3.8) is 0 Å². The maximum absolute atomic E-state index is 12.9. The number of fused-ring (bicyclic) bond motifs is 1. The molecule has 0 aliphatic carbocycles. The van der Waals surface area contributed by atoms with Crippen molar-refractivity contribution in [2.75, 3.05) is 25.2 Å². The minimum atomic E-state index is -1.31. The number of ether oxygens (including phenoxy) is 1. The average Bonchev–Trinajstić information content (AvgIpc) is 3.29. The third-order valence-corrected chi connectivity index (χ3v) is 7.13. The Morgan fingerprint density at radius 3 is 2.68 bits per heavy atom. The zero-order valence-electron chi connectivity index (χ0n) is 20.1. The summed E-state index contributed by atoms with van der Waals surface area (Å²) in [6.07, 6.45) is 3.50. The fourth-order valence-corrected chi connectivity index (χ4v) is 5.20. The number of halogens is 1. The number of anilines is 1. The summed E-state index contributed by atoms with van der Waals surface area (Å²) in [5, 5.41) is 17.8. The zero-order valence-corrected chi connectivity index (χ0v) is 23.3. The molecule has 2 aliphatic heterocycles. The lowest BCUT2D eigenvalue weighted by atomic mass is 9.92. The molecular weight excluding hydrogens is 604 g/mol. The van der Waals surface area contributed by atoms with Gasteiger partial charge in [-0.15, -0.1) is 23.1 Å². The molecule has 0 bridgehead atoms. The van der Waals surface area contributed by atoms with E-state index in [1.54, 1.807) is 29.1 Å². The molecule has 2 unspecified atom stereocenters. The van der Waals surface area contributed by atoms with Gasteiger partial charge >= 0.3 is 5.97 Å². The van der Waals surface area contributed by atoms with Crippen molar-refractivity contribution in [2.24, 2.45) is 5.16 Å². The lowest BCUT2D eigenvalue weighted by molar-refractivity contribution is -0.684. The first kappa shape index (κ1) is 29.1. The Labute approximate surface area is 235 Å². The number of pyridine rings is 1. The molecule has 0 radical (unpaired) electrons. The molecule has 2 aromatic rings. The van der Waals surface area contributed by atoms with Crippen molar-refractivity contribution in [1.82, 2.24) is 15.2 Å². The highest BCUT2D eigenvalue weighted by molar-refractivity contribution is 7.99. The number of hydrogen-bond donors (Lipinski definition) is 3. The van der Waals surface area contributed by atoms with E-state index in [1.807, 2.05) is 0 Å². The van der Waals surface area contributed by atoms with Crippen LogP contribution in [0.3, 0.4) is 0 Å². The summed E-state index contributed by atoms with van der Waals surface area (Å²) < 4.78 is 7.47. The number of thiazole rings is 1. The Morgan fingerprint density at radius 2 is 2.11 bits per heavy atom. The van der Waals surface area contributed by atoms with Crippen LogP contribution in [0.15, 0.2) is 51.4 Å². The standard InChI is InChI=1S/C22H22N6O7S2.BrH/c1-11(29)7-27-5-3-12(4-6-27)36-10-15-18(21(32)33)28-14(8-35-15)17(20(28)31)25-19(30)16(26-34-2)13-9-37-22(23)24-13;/h3-6,9,14,17H,7-8,10H2,1-2H3,(H3-,23,24,25,30,32,33);1H/b26-16-;. The SMILES string of the molecule is CO/N=C(\C(=O)NC1C(=O)N2C(C(=O)O)=C(CSc3cc[n+](CC(C)=O)cc3)OCC12)c1csc(N)n1.[Br-]. The Balaban J connectivity index is 0.00000400. The molecule has 4 heterocycles. The smallest absolute Gasteiger partial charge is 0.356 e. The van der Waals surface area contributed by atoms with Crippen LogP contribution in [0.1, 0.15) is 12.6 Å². The van der Waals surface area contributed by atoms with Gasteiger partial charge in [-0.05, 0) is 0 Å². The van der Waals surface area contributed by atoms with E-state index in [2.05, 4.69) is 15.5 Å². The van der Waals surface area contributed by atoms with Gasteiger partial charge in [-0.1, -0.05) is 5.16 Å². The van der Waals surface area contributed by atoms with Gasteiger partial charge in [0.05, 0.1) is 5.75 Å². The van der Waals surface area contributed by atoms with Crippen LogP contribution in [0.5, 0.6) is 0 Å². The number of Topliss-reactive ketones (excluding diaryl/α,β-unsaturated/α-hetero) is 1. The van der Waals surface area contributed by atoms with Crippen molar-refractivity contribution in [2.45, 2.75) is 30.4 Å². The number of β-lactam (4-membered cyclic amide) rings is 1. The lowest BCUT2D eigenvalue weighted by Crippen LogP contribution is -3.00. The van der Waals surface area contributed by atoms with Gasteiger partial charge < -0.3 is 42.7 Å². The van der Waals surface area contributed by atoms with E-state index in [0.29, 0.717) is 0 Å².